The Kier molecular flexibility index (Phi) is 4.12. The molecule has 0 radical (unpaired) electrons. The summed E-state index contributed by atoms with van der Waals surface area (Å²) in [5.74, 6) is -0.471. The molecular weight excluding hydrogens is 291 g/mol. The lowest BCUT2D eigenvalue weighted by atomic mass is 10.1. The molecule has 0 atom stereocenters. The Morgan fingerprint density at radius 3 is 2.09 bits per heavy atom. The fourth-order valence-electron chi connectivity index (χ4n) is 2.40. The van der Waals surface area contributed by atoms with Crippen LogP contribution in [-0.4, -0.2) is 5.96 Å². The van der Waals surface area contributed by atoms with E-state index in [2.05, 4.69) is 0 Å². The number of nitrogens with one attached hydrogen (secondary N) is 1. The fourth-order valence-corrected chi connectivity index (χ4v) is 2.40. The number of para-hydroxylation sites is 1. The van der Waals surface area contributed by atoms with E-state index in [4.69, 9.17) is 11.1 Å². The maximum atomic E-state index is 13.2. The smallest absolute Gasteiger partial charge is 0.369 e. The summed E-state index contributed by atoms with van der Waals surface area (Å²) in [6.45, 7) is 3.68. The number of hydrogen-bond donors (Lipinski definition) is 2. The Balaban J connectivity index is 2.66. The Morgan fingerprint density at radius 1 is 1.05 bits per heavy atom. The van der Waals surface area contributed by atoms with Crippen LogP contribution >= 0.6 is 0 Å². The molecule has 116 valence electrons. The van der Waals surface area contributed by atoms with Crippen molar-refractivity contribution < 1.29 is 13.2 Å². The second-order valence-electron chi connectivity index (χ2n) is 5.08. The van der Waals surface area contributed by atoms with Crippen molar-refractivity contribution >= 4 is 17.3 Å². The van der Waals surface area contributed by atoms with Gasteiger partial charge >= 0.3 is 6.18 Å². The van der Waals surface area contributed by atoms with Gasteiger partial charge in [-0.05, 0) is 49.2 Å². The summed E-state index contributed by atoms with van der Waals surface area (Å²) in [6.07, 6.45) is -4.52. The van der Waals surface area contributed by atoms with Gasteiger partial charge in [0.2, 0.25) is 0 Å². The fraction of sp³-hybridized carbons (Fsp3) is 0.188. The number of nitrogens with zero attached hydrogens (tertiary/aromatic N) is 1. The van der Waals surface area contributed by atoms with Crippen LogP contribution in [0.4, 0.5) is 24.5 Å². The lowest BCUT2D eigenvalue weighted by molar-refractivity contribution is -0.137. The van der Waals surface area contributed by atoms with Crippen LogP contribution in [-0.2, 0) is 6.18 Å². The SMILES string of the molecule is Cc1cc(C)cc(N(C(=N)N)c2ccccc2C(F)(F)F)c1. The molecule has 0 saturated heterocycles. The van der Waals surface area contributed by atoms with Gasteiger partial charge in [-0.3, -0.25) is 10.3 Å². The van der Waals surface area contributed by atoms with Crippen LogP contribution in [0.2, 0.25) is 0 Å². The largest absolute Gasteiger partial charge is 0.418 e. The van der Waals surface area contributed by atoms with Crippen molar-refractivity contribution in [1.82, 2.24) is 0 Å². The highest BCUT2D eigenvalue weighted by molar-refractivity contribution is 6.00. The van der Waals surface area contributed by atoms with Gasteiger partial charge in [0.15, 0.2) is 5.96 Å². The predicted molar refractivity (Wildman–Crippen MR) is 81.4 cm³/mol. The molecule has 0 saturated carbocycles. The van der Waals surface area contributed by atoms with Crippen LogP contribution in [0.5, 0.6) is 0 Å². The molecule has 0 aliphatic heterocycles. The number of halogens is 3. The third-order valence-electron chi connectivity index (χ3n) is 3.16. The van der Waals surface area contributed by atoms with E-state index in [0.29, 0.717) is 5.69 Å². The van der Waals surface area contributed by atoms with Crippen molar-refractivity contribution in [3.05, 3.63) is 59.2 Å². The number of guanidine groups is 1. The number of benzene rings is 2. The molecule has 2 aromatic rings. The summed E-state index contributed by atoms with van der Waals surface area (Å²) in [5.41, 5.74) is 6.76. The Bertz CT molecular complexity index is 688. The highest BCUT2D eigenvalue weighted by Gasteiger charge is 2.35. The van der Waals surface area contributed by atoms with E-state index < -0.39 is 17.7 Å². The molecule has 0 aliphatic carbocycles. The molecule has 0 spiro atoms. The second-order valence-corrected chi connectivity index (χ2v) is 5.08. The summed E-state index contributed by atoms with van der Waals surface area (Å²) >= 11 is 0. The summed E-state index contributed by atoms with van der Waals surface area (Å²) < 4.78 is 39.6. The second kappa shape index (κ2) is 5.71. The number of alkyl halides is 3. The molecule has 3 nitrogen and oxygen atoms in total. The highest BCUT2D eigenvalue weighted by atomic mass is 19.4. The summed E-state index contributed by atoms with van der Waals surface area (Å²) in [6, 6.07) is 10.4. The molecule has 3 N–H and O–H groups in total. The predicted octanol–water partition coefficient (Wildman–Crippen LogP) is 4.35. The van der Waals surface area contributed by atoms with Crippen LogP contribution in [0, 0.1) is 19.3 Å². The zero-order chi connectivity index (χ0) is 16.5. The number of rotatable bonds is 2. The van der Waals surface area contributed by atoms with Crippen molar-refractivity contribution in [3.63, 3.8) is 0 Å². The van der Waals surface area contributed by atoms with E-state index in [9.17, 15) is 13.2 Å². The van der Waals surface area contributed by atoms with Crippen molar-refractivity contribution in [2.45, 2.75) is 20.0 Å². The van der Waals surface area contributed by atoms with Crippen molar-refractivity contribution in [1.29, 1.82) is 5.41 Å². The highest BCUT2D eigenvalue weighted by Crippen LogP contribution is 2.39. The molecule has 22 heavy (non-hydrogen) atoms. The number of aryl methyl sites for hydroxylation is 2. The van der Waals surface area contributed by atoms with Gasteiger partial charge < -0.3 is 5.73 Å². The molecule has 0 heterocycles. The first-order valence-corrected chi connectivity index (χ1v) is 6.59. The van der Waals surface area contributed by atoms with Gasteiger partial charge in [-0.2, -0.15) is 13.2 Å². The van der Waals surface area contributed by atoms with Crippen LogP contribution < -0.4 is 10.6 Å². The lowest BCUT2D eigenvalue weighted by Gasteiger charge is -2.26. The molecule has 0 amide bonds. The first kappa shape index (κ1) is 15.9. The maximum absolute atomic E-state index is 13.2. The monoisotopic (exact) mass is 307 g/mol. The van der Waals surface area contributed by atoms with Crippen LogP contribution in [0.25, 0.3) is 0 Å². The van der Waals surface area contributed by atoms with Gasteiger partial charge in [0.25, 0.3) is 0 Å². The Morgan fingerprint density at radius 2 is 1.59 bits per heavy atom. The zero-order valence-electron chi connectivity index (χ0n) is 12.2. The van der Waals surface area contributed by atoms with Crippen molar-refractivity contribution in [2.24, 2.45) is 5.73 Å². The van der Waals surface area contributed by atoms with Gasteiger partial charge in [0.1, 0.15) is 0 Å². The first-order valence-electron chi connectivity index (χ1n) is 6.59. The third-order valence-corrected chi connectivity index (χ3v) is 3.16. The molecule has 6 heteroatoms. The quantitative estimate of drug-likeness (QED) is 0.640. The average molecular weight is 307 g/mol. The topological polar surface area (TPSA) is 53.1 Å². The standard InChI is InChI=1S/C16H16F3N3/c1-10-7-11(2)9-12(8-10)22(15(20)21)14-6-4-3-5-13(14)16(17,18)19/h3-9H,1-2H3,(H3,20,21). The minimum Gasteiger partial charge on any atom is -0.369 e. The first-order chi connectivity index (χ1) is 10.2. The van der Waals surface area contributed by atoms with E-state index in [1.165, 1.54) is 18.2 Å². The van der Waals surface area contributed by atoms with Crippen LogP contribution in [0.15, 0.2) is 42.5 Å². The molecular formula is C16H16F3N3. The lowest BCUT2D eigenvalue weighted by Crippen LogP contribution is -2.33. The number of hydrogen-bond acceptors (Lipinski definition) is 1. The van der Waals surface area contributed by atoms with Gasteiger partial charge in [0, 0.05) is 5.69 Å². The summed E-state index contributed by atoms with van der Waals surface area (Å²) in [7, 11) is 0. The summed E-state index contributed by atoms with van der Waals surface area (Å²) in [5, 5.41) is 7.71. The van der Waals surface area contributed by atoms with Gasteiger partial charge in [-0.1, -0.05) is 18.2 Å². The average Bonchev–Trinajstić information content (AvgIpc) is 2.36. The zero-order valence-corrected chi connectivity index (χ0v) is 12.2. The number of anilines is 2. The molecule has 2 aromatic carbocycles. The van der Waals surface area contributed by atoms with E-state index in [-0.39, 0.29) is 5.69 Å². The molecule has 0 aromatic heterocycles. The number of nitrogens with two attached hydrogens (primary N) is 1. The van der Waals surface area contributed by atoms with E-state index in [0.717, 1.165) is 22.1 Å². The molecule has 0 fully saturated rings. The van der Waals surface area contributed by atoms with Crippen LogP contribution in [0.1, 0.15) is 16.7 Å². The van der Waals surface area contributed by atoms with Gasteiger partial charge in [0.05, 0.1) is 11.3 Å². The third kappa shape index (κ3) is 3.21. The minimum atomic E-state index is -4.52. The van der Waals surface area contributed by atoms with Crippen molar-refractivity contribution in [2.75, 3.05) is 4.90 Å². The minimum absolute atomic E-state index is 0.160. The molecule has 0 bridgehead atoms. The molecule has 0 unspecified atom stereocenters. The van der Waals surface area contributed by atoms with E-state index >= 15 is 0 Å². The normalized spacial score (nSPS) is 11.3. The molecule has 0 aliphatic rings. The Labute approximate surface area is 126 Å². The van der Waals surface area contributed by atoms with Crippen LogP contribution in [0.3, 0.4) is 0 Å². The summed E-state index contributed by atoms with van der Waals surface area (Å²) in [4.78, 5) is 1.10. The maximum Gasteiger partial charge on any atom is 0.418 e. The molecule has 2 rings (SSSR count). The van der Waals surface area contributed by atoms with Gasteiger partial charge in [-0.25, -0.2) is 0 Å². The van der Waals surface area contributed by atoms with Crippen molar-refractivity contribution in [3.8, 4) is 0 Å². The Hall–Kier alpha value is -2.50. The van der Waals surface area contributed by atoms with Gasteiger partial charge in [-0.15, -0.1) is 0 Å². The van der Waals surface area contributed by atoms with E-state index in [1.807, 2.05) is 19.9 Å². The van der Waals surface area contributed by atoms with E-state index in [1.54, 1.807) is 12.1 Å².